The van der Waals surface area contributed by atoms with Gasteiger partial charge < -0.3 is 9.64 Å². The quantitative estimate of drug-likeness (QED) is 0.628. The molecule has 3 rings (SSSR count). The van der Waals surface area contributed by atoms with E-state index in [0.29, 0.717) is 5.88 Å². The number of ether oxygens (including phenoxy) is 1. The molecule has 1 aromatic heterocycles. The summed E-state index contributed by atoms with van der Waals surface area (Å²) < 4.78 is 6.10. The van der Waals surface area contributed by atoms with E-state index < -0.39 is 0 Å². The fourth-order valence-electron chi connectivity index (χ4n) is 2.52. The second-order valence-corrected chi connectivity index (χ2v) is 5.68. The van der Waals surface area contributed by atoms with Gasteiger partial charge in [0.05, 0.1) is 17.6 Å². The molecule has 2 heterocycles. The van der Waals surface area contributed by atoms with Gasteiger partial charge in [-0.25, -0.2) is 0 Å². The van der Waals surface area contributed by atoms with E-state index in [-0.39, 0.29) is 6.10 Å². The summed E-state index contributed by atoms with van der Waals surface area (Å²) >= 11 is 11.5. The molecule has 1 aliphatic heterocycles. The maximum Gasteiger partial charge on any atom is 0.130 e. The first-order chi connectivity index (χ1) is 9.70. The zero-order chi connectivity index (χ0) is 14.1. The predicted octanol–water partition coefficient (Wildman–Crippen LogP) is 3.23. The fourth-order valence-corrected chi connectivity index (χ4v) is 3.05. The van der Waals surface area contributed by atoms with Gasteiger partial charge in [-0.1, -0.05) is 18.3 Å². The summed E-state index contributed by atoms with van der Waals surface area (Å²) in [6, 6.07) is 7.89. The molecule has 0 saturated heterocycles. The van der Waals surface area contributed by atoms with Gasteiger partial charge in [-0.2, -0.15) is 0 Å². The number of aromatic nitrogens is 1. The van der Waals surface area contributed by atoms with Gasteiger partial charge in [0.1, 0.15) is 16.8 Å². The number of pyridine rings is 1. The monoisotopic (exact) mass is 306 g/mol. The Labute approximate surface area is 128 Å². The number of thiocarbonyl (C=S) groups is 1. The molecule has 1 unspecified atom stereocenters. The summed E-state index contributed by atoms with van der Waals surface area (Å²) in [4.78, 5) is 7.24. The molecule has 2 aromatic rings. The van der Waals surface area contributed by atoms with Crippen LogP contribution in [0.1, 0.15) is 12.0 Å². The van der Waals surface area contributed by atoms with Crippen LogP contribution in [0.5, 0.6) is 5.75 Å². The molecular weight excluding hydrogens is 292 g/mol. The summed E-state index contributed by atoms with van der Waals surface area (Å²) in [6.07, 6.45) is 2.65. The maximum absolute atomic E-state index is 6.10. The van der Waals surface area contributed by atoms with Crippen LogP contribution in [0, 0.1) is 0 Å². The van der Waals surface area contributed by atoms with E-state index in [9.17, 15) is 0 Å². The molecule has 104 valence electrons. The topological polar surface area (TPSA) is 25.4 Å². The number of hydrogen-bond acceptors (Lipinski definition) is 3. The third kappa shape index (κ3) is 2.34. The van der Waals surface area contributed by atoms with Gasteiger partial charge in [-0.15, -0.1) is 11.6 Å². The minimum Gasteiger partial charge on any atom is -0.488 e. The van der Waals surface area contributed by atoms with Crippen molar-refractivity contribution in [1.29, 1.82) is 0 Å². The van der Waals surface area contributed by atoms with Crippen LogP contribution in [0.2, 0.25) is 0 Å². The molecule has 0 saturated carbocycles. The van der Waals surface area contributed by atoms with Gasteiger partial charge >= 0.3 is 0 Å². The molecule has 1 aromatic carbocycles. The number of likely N-dealkylation sites (N-methyl/N-ethyl adjacent to an activating group) is 1. The van der Waals surface area contributed by atoms with Crippen molar-refractivity contribution in [2.75, 3.05) is 19.5 Å². The molecule has 3 nitrogen and oxygen atoms in total. The van der Waals surface area contributed by atoms with Crippen molar-refractivity contribution in [2.45, 2.75) is 12.5 Å². The Bertz CT molecular complexity index is 661. The van der Waals surface area contributed by atoms with Crippen LogP contribution >= 0.6 is 23.8 Å². The standard InChI is InChI=1S/C15H15ClN2OS/c1-18-9-10(6-7-16)19-13-5-4-12-11(3-2-8-17-12)14(13)15(18)20/h2-5,8,10H,6-7,9H2,1H3. The summed E-state index contributed by atoms with van der Waals surface area (Å²) in [5.41, 5.74) is 1.89. The van der Waals surface area contributed by atoms with Crippen molar-refractivity contribution in [1.82, 2.24) is 9.88 Å². The lowest BCUT2D eigenvalue weighted by atomic mass is 10.1. The second kappa shape index (κ2) is 5.54. The summed E-state index contributed by atoms with van der Waals surface area (Å²) in [6.45, 7) is 0.752. The number of rotatable bonds is 2. The van der Waals surface area contributed by atoms with E-state index in [1.165, 1.54) is 0 Å². The van der Waals surface area contributed by atoms with E-state index in [2.05, 4.69) is 9.88 Å². The lowest BCUT2D eigenvalue weighted by Crippen LogP contribution is -2.33. The van der Waals surface area contributed by atoms with Gasteiger partial charge in [-0.3, -0.25) is 4.98 Å². The largest absolute Gasteiger partial charge is 0.488 e. The molecule has 0 amide bonds. The number of hydrogen-bond donors (Lipinski definition) is 0. The van der Waals surface area contributed by atoms with Crippen LogP contribution in [0.4, 0.5) is 0 Å². The highest BCUT2D eigenvalue weighted by Gasteiger charge is 2.25. The van der Waals surface area contributed by atoms with E-state index in [1.54, 1.807) is 6.20 Å². The van der Waals surface area contributed by atoms with Crippen LogP contribution < -0.4 is 4.74 Å². The Hall–Kier alpha value is -1.39. The van der Waals surface area contributed by atoms with Gasteiger partial charge in [0.15, 0.2) is 0 Å². The minimum atomic E-state index is 0.0609. The van der Waals surface area contributed by atoms with Gasteiger partial charge in [-0.05, 0) is 24.6 Å². The van der Waals surface area contributed by atoms with Crippen molar-refractivity contribution in [3.63, 3.8) is 0 Å². The molecule has 0 bridgehead atoms. The van der Waals surface area contributed by atoms with E-state index in [1.807, 2.05) is 31.3 Å². The Morgan fingerprint density at radius 2 is 2.30 bits per heavy atom. The molecular formula is C15H15ClN2OS. The van der Waals surface area contributed by atoms with Crippen LogP contribution in [0.15, 0.2) is 30.5 Å². The number of halogens is 1. The van der Waals surface area contributed by atoms with Crippen LogP contribution in [-0.2, 0) is 0 Å². The smallest absolute Gasteiger partial charge is 0.130 e. The first-order valence-electron chi connectivity index (χ1n) is 6.56. The molecule has 0 spiro atoms. The molecule has 0 N–H and O–H groups in total. The lowest BCUT2D eigenvalue weighted by Gasteiger charge is -2.20. The Morgan fingerprint density at radius 3 is 3.10 bits per heavy atom. The van der Waals surface area contributed by atoms with E-state index in [0.717, 1.165) is 40.2 Å². The van der Waals surface area contributed by atoms with Gasteiger partial charge in [0.25, 0.3) is 0 Å². The third-order valence-electron chi connectivity index (χ3n) is 3.51. The van der Waals surface area contributed by atoms with Crippen LogP contribution in [-0.4, -0.2) is 40.4 Å². The zero-order valence-electron chi connectivity index (χ0n) is 11.2. The Kier molecular flexibility index (Phi) is 3.76. The average Bonchev–Trinajstić information content (AvgIpc) is 2.57. The van der Waals surface area contributed by atoms with Crippen LogP contribution in [0.25, 0.3) is 10.9 Å². The first-order valence-corrected chi connectivity index (χ1v) is 7.51. The fraction of sp³-hybridized carbons (Fsp3) is 0.333. The summed E-state index contributed by atoms with van der Waals surface area (Å²) in [5, 5.41) is 1.04. The number of nitrogens with zero attached hydrogens (tertiary/aromatic N) is 2. The van der Waals surface area contributed by atoms with E-state index in [4.69, 9.17) is 28.6 Å². The highest BCUT2D eigenvalue weighted by Crippen LogP contribution is 2.32. The van der Waals surface area contributed by atoms with Crippen molar-refractivity contribution < 1.29 is 4.74 Å². The Balaban J connectivity index is 2.16. The summed E-state index contributed by atoms with van der Waals surface area (Å²) in [5.74, 6) is 1.41. The summed E-state index contributed by atoms with van der Waals surface area (Å²) in [7, 11) is 2.00. The molecule has 1 aliphatic rings. The molecule has 20 heavy (non-hydrogen) atoms. The number of alkyl halides is 1. The normalized spacial score (nSPS) is 18.6. The van der Waals surface area contributed by atoms with Crippen molar-refractivity contribution in [3.05, 3.63) is 36.0 Å². The van der Waals surface area contributed by atoms with Crippen molar-refractivity contribution >= 4 is 39.7 Å². The molecule has 5 heteroatoms. The molecule has 0 fully saturated rings. The first kappa shape index (κ1) is 13.6. The van der Waals surface area contributed by atoms with Crippen molar-refractivity contribution in [3.8, 4) is 5.75 Å². The van der Waals surface area contributed by atoms with Crippen LogP contribution in [0.3, 0.4) is 0 Å². The third-order valence-corrected chi connectivity index (χ3v) is 4.24. The number of benzene rings is 1. The minimum absolute atomic E-state index is 0.0609. The predicted molar refractivity (Wildman–Crippen MR) is 85.8 cm³/mol. The second-order valence-electron chi connectivity index (χ2n) is 4.91. The van der Waals surface area contributed by atoms with E-state index >= 15 is 0 Å². The average molecular weight is 307 g/mol. The molecule has 1 atom stereocenters. The SMILES string of the molecule is CN1CC(CCCl)Oc2ccc3ncccc3c2C1=S. The molecule has 0 radical (unpaired) electrons. The highest BCUT2D eigenvalue weighted by atomic mass is 35.5. The zero-order valence-corrected chi connectivity index (χ0v) is 12.7. The van der Waals surface area contributed by atoms with Crippen molar-refractivity contribution in [2.24, 2.45) is 0 Å². The highest BCUT2D eigenvalue weighted by molar-refractivity contribution is 7.80. The maximum atomic E-state index is 6.10. The molecule has 0 aliphatic carbocycles. The number of fused-ring (bicyclic) bond motifs is 3. The Morgan fingerprint density at radius 1 is 1.45 bits per heavy atom. The van der Waals surface area contributed by atoms with Gasteiger partial charge in [0.2, 0.25) is 0 Å². The van der Waals surface area contributed by atoms with Gasteiger partial charge in [0, 0.05) is 24.5 Å². The lowest BCUT2D eigenvalue weighted by molar-refractivity contribution is 0.179.